The van der Waals surface area contributed by atoms with Crippen molar-refractivity contribution in [3.63, 3.8) is 0 Å². The van der Waals surface area contributed by atoms with E-state index in [1.165, 1.54) is 0 Å². The van der Waals surface area contributed by atoms with Crippen LogP contribution >= 0.6 is 15.9 Å². The van der Waals surface area contributed by atoms with Crippen LogP contribution in [0.1, 0.15) is 31.3 Å². The number of nitrogens with one attached hydrogen (secondary N) is 2. The van der Waals surface area contributed by atoms with Gasteiger partial charge in [-0.25, -0.2) is 0 Å². The van der Waals surface area contributed by atoms with Gasteiger partial charge >= 0.3 is 0 Å². The highest BCUT2D eigenvalue weighted by atomic mass is 79.9. The molecule has 2 N–H and O–H groups in total. The minimum Gasteiger partial charge on any atom is -0.450 e. The maximum absolute atomic E-state index is 12.4. The first-order valence-corrected chi connectivity index (χ1v) is 8.94. The number of hydrogen-bond donors (Lipinski definition) is 2. The van der Waals surface area contributed by atoms with Crippen LogP contribution in [0.2, 0.25) is 0 Å². The molecule has 0 aliphatic rings. The molecule has 3 rings (SSSR count). The smallest absolute Gasteiger partial charge is 0.291 e. The number of benzene rings is 2. The topological polar surface area (TPSA) is 71.3 Å². The van der Waals surface area contributed by atoms with Gasteiger partial charge in [0.2, 0.25) is 5.91 Å². The number of anilines is 2. The third-order valence-corrected chi connectivity index (χ3v) is 4.43. The molecule has 1 aromatic heterocycles. The molecule has 6 heteroatoms. The zero-order chi connectivity index (χ0) is 18.9. The number of amides is 2. The summed E-state index contributed by atoms with van der Waals surface area (Å²) in [7, 11) is 0. The van der Waals surface area contributed by atoms with Gasteiger partial charge in [0.1, 0.15) is 5.58 Å². The fourth-order valence-electron chi connectivity index (χ4n) is 2.29. The van der Waals surface area contributed by atoms with E-state index in [9.17, 15) is 9.59 Å². The monoisotopic (exact) mass is 414 g/mol. The van der Waals surface area contributed by atoms with Crippen molar-refractivity contribution in [1.82, 2.24) is 0 Å². The average molecular weight is 415 g/mol. The van der Waals surface area contributed by atoms with Crippen molar-refractivity contribution in [2.45, 2.75) is 20.8 Å². The molecule has 26 heavy (non-hydrogen) atoms. The van der Waals surface area contributed by atoms with Gasteiger partial charge in [-0.3, -0.25) is 9.59 Å². The molecule has 134 valence electrons. The lowest BCUT2D eigenvalue weighted by atomic mass is 9.95. The Kier molecular flexibility index (Phi) is 4.87. The lowest BCUT2D eigenvalue weighted by molar-refractivity contribution is -0.123. The molecule has 0 radical (unpaired) electrons. The second-order valence-corrected chi connectivity index (χ2v) is 7.86. The van der Waals surface area contributed by atoms with Gasteiger partial charge in [-0.1, -0.05) is 32.9 Å². The van der Waals surface area contributed by atoms with Crippen LogP contribution < -0.4 is 10.6 Å². The molecule has 0 atom stereocenters. The van der Waals surface area contributed by atoms with Crippen molar-refractivity contribution in [3.8, 4) is 0 Å². The lowest BCUT2D eigenvalue weighted by Gasteiger charge is -2.17. The summed E-state index contributed by atoms with van der Waals surface area (Å²) in [6.07, 6.45) is 0. The summed E-state index contributed by atoms with van der Waals surface area (Å²) in [5.74, 6) is -0.168. The molecule has 0 bridgehead atoms. The van der Waals surface area contributed by atoms with E-state index in [4.69, 9.17) is 4.42 Å². The zero-order valence-electron chi connectivity index (χ0n) is 14.7. The molecule has 0 aliphatic carbocycles. The van der Waals surface area contributed by atoms with Gasteiger partial charge in [0.25, 0.3) is 5.91 Å². The lowest BCUT2D eigenvalue weighted by Crippen LogP contribution is -2.27. The number of rotatable bonds is 3. The molecule has 2 aromatic carbocycles. The summed E-state index contributed by atoms with van der Waals surface area (Å²) in [4.78, 5) is 24.4. The first-order chi connectivity index (χ1) is 12.2. The van der Waals surface area contributed by atoms with Crippen LogP contribution in [0.3, 0.4) is 0 Å². The van der Waals surface area contributed by atoms with Crippen molar-refractivity contribution < 1.29 is 14.0 Å². The Morgan fingerprint density at radius 2 is 1.58 bits per heavy atom. The molecular formula is C20H19BrN2O3. The van der Waals surface area contributed by atoms with Gasteiger partial charge in [0, 0.05) is 22.2 Å². The van der Waals surface area contributed by atoms with Crippen molar-refractivity contribution in [2.75, 3.05) is 10.6 Å². The largest absolute Gasteiger partial charge is 0.450 e. The fourth-order valence-corrected chi connectivity index (χ4v) is 2.75. The number of fused-ring (bicyclic) bond motifs is 1. The van der Waals surface area contributed by atoms with Crippen LogP contribution in [0.25, 0.3) is 11.0 Å². The Hall–Kier alpha value is -2.60. The maximum Gasteiger partial charge on any atom is 0.291 e. The molecule has 5 nitrogen and oxygen atoms in total. The summed E-state index contributed by atoms with van der Waals surface area (Å²) in [5.41, 5.74) is 1.46. The van der Waals surface area contributed by atoms with Crippen LogP contribution in [0.15, 0.2) is 57.4 Å². The Balaban J connectivity index is 1.71. The molecule has 0 fully saturated rings. The highest BCUT2D eigenvalue weighted by molar-refractivity contribution is 9.10. The van der Waals surface area contributed by atoms with E-state index in [1.54, 1.807) is 30.3 Å². The Labute approximate surface area is 159 Å². The molecule has 3 aromatic rings. The molecule has 0 saturated carbocycles. The summed E-state index contributed by atoms with van der Waals surface area (Å²) in [6, 6.07) is 14.3. The molecular weight excluding hydrogens is 396 g/mol. The van der Waals surface area contributed by atoms with E-state index >= 15 is 0 Å². The number of para-hydroxylation sites is 1. The quantitative estimate of drug-likeness (QED) is 0.599. The standard InChI is InChI=1S/C20H19BrN2O3/c1-20(2,3)19(25)23-14-9-7-13(8-10-14)22-18(24)16-11-12-5-4-6-15(21)17(12)26-16/h4-11H,1-3H3,(H,22,24)(H,23,25). The second kappa shape index (κ2) is 6.96. The third-order valence-electron chi connectivity index (χ3n) is 3.80. The van der Waals surface area contributed by atoms with Crippen molar-refractivity contribution >= 4 is 50.1 Å². The number of furan rings is 1. The van der Waals surface area contributed by atoms with Gasteiger partial charge in [-0.05, 0) is 52.3 Å². The fraction of sp³-hybridized carbons (Fsp3) is 0.200. The van der Waals surface area contributed by atoms with E-state index in [2.05, 4.69) is 26.6 Å². The minimum atomic E-state index is -0.470. The van der Waals surface area contributed by atoms with Crippen molar-refractivity contribution in [1.29, 1.82) is 0 Å². The summed E-state index contributed by atoms with van der Waals surface area (Å²) < 4.78 is 6.43. The van der Waals surface area contributed by atoms with Crippen LogP contribution in [0.4, 0.5) is 11.4 Å². The van der Waals surface area contributed by atoms with Crippen molar-refractivity contribution in [2.24, 2.45) is 5.41 Å². The SMILES string of the molecule is CC(C)(C)C(=O)Nc1ccc(NC(=O)c2cc3cccc(Br)c3o2)cc1. The third kappa shape index (κ3) is 3.96. The highest BCUT2D eigenvalue weighted by Gasteiger charge is 2.21. The first-order valence-electron chi connectivity index (χ1n) is 8.15. The summed E-state index contributed by atoms with van der Waals surface area (Å²) >= 11 is 3.41. The number of carbonyl (C=O) groups is 2. The number of hydrogen-bond acceptors (Lipinski definition) is 3. The second-order valence-electron chi connectivity index (χ2n) is 7.00. The molecule has 0 aliphatic heterocycles. The molecule has 0 unspecified atom stereocenters. The predicted octanol–water partition coefficient (Wildman–Crippen LogP) is 5.43. The summed E-state index contributed by atoms with van der Waals surface area (Å²) in [6.45, 7) is 5.55. The Morgan fingerprint density at radius 1 is 0.962 bits per heavy atom. The first kappa shape index (κ1) is 18.2. The molecule has 2 amide bonds. The predicted molar refractivity (Wildman–Crippen MR) is 106 cm³/mol. The van der Waals surface area contributed by atoms with Gasteiger partial charge in [0.05, 0.1) is 4.47 Å². The maximum atomic E-state index is 12.4. The minimum absolute atomic E-state index is 0.0675. The van der Waals surface area contributed by atoms with Crippen LogP contribution in [0.5, 0.6) is 0 Å². The van der Waals surface area contributed by atoms with Crippen LogP contribution in [-0.2, 0) is 4.79 Å². The van der Waals surface area contributed by atoms with Gasteiger partial charge in [-0.2, -0.15) is 0 Å². The number of carbonyl (C=O) groups excluding carboxylic acids is 2. The Morgan fingerprint density at radius 3 is 2.15 bits per heavy atom. The van der Waals surface area contributed by atoms with E-state index in [0.717, 1.165) is 9.86 Å². The Bertz CT molecular complexity index is 969. The van der Waals surface area contributed by atoms with Crippen LogP contribution in [-0.4, -0.2) is 11.8 Å². The number of halogens is 1. The van der Waals surface area contributed by atoms with Gasteiger partial charge < -0.3 is 15.1 Å². The van der Waals surface area contributed by atoms with E-state index in [-0.39, 0.29) is 17.6 Å². The van der Waals surface area contributed by atoms with E-state index in [0.29, 0.717) is 17.0 Å². The normalized spacial score (nSPS) is 11.4. The average Bonchev–Trinajstić information content (AvgIpc) is 3.01. The summed E-state index contributed by atoms with van der Waals surface area (Å²) in [5, 5.41) is 6.48. The molecule has 1 heterocycles. The molecule has 0 saturated heterocycles. The van der Waals surface area contributed by atoms with Crippen LogP contribution in [0, 0.1) is 5.41 Å². The van der Waals surface area contributed by atoms with E-state index in [1.807, 2.05) is 39.0 Å². The zero-order valence-corrected chi connectivity index (χ0v) is 16.3. The highest BCUT2D eigenvalue weighted by Crippen LogP contribution is 2.27. The van der Waals surface area contributed by atoms with Gasteiger partial charge in [0.15, 0.2) is 5.76 Å². The van der Waals surface area contributed by atoms with E-state index < -0.39 is 5.41 Å². The van der Waals surface area contributed by atoms with Gasteiger partial charge in [-0.15, -0.1) is 0 Å². The van der Waals surface area contributed by atoms with Crippen molar-refractivity contribution in [3.05, 3.63) is 58.8 Å². The molecule has 0 spiro atoms.